The number of thiophene rings is 1. The maximum Gasteiger partial charge on any atom is 0.252 e. The summed E-state index contributed by atoms with van der Waals surface area (Å²) in [5.74, 6) is 0.612. The molecule has 0 radical (unpaired) electrons. The standard InChI is InChI=1S/C20H24N2O2S/c1-15(17-7-8-17)22(13-16-5-3-2-4-6-16)19(23)9-11-21-20(24)18-10-12-25-14-18/h2-6,10,12,14-15,17H,7-9,11,13H2,1H3,(H,21,24). The Morgan fingerprint density at radius 2 is 2.00 bits per heavy atom. The minimum atomic E-state index is -0.112. The largest absolute Gasteiger partial charge is 0.351 e. The van der Waals surface area contributed by atoms with Gasteiger partial charge in [0.1, 0.15) is 0 Å². The van der Waals surface area contributed by atoms with E-state index in [1.165, 1.54) is 24.2 Å². The summed E-state index contributed by atoms with van der Waals surface area (Å²) in [6.45, 7) is 3.15. The Balaban J connectivity index is 1.56. The van der Waals surface area contributed by atoms with Gasteiger partial charge in [0.2, 0.25) is 5.91 Å². The van der Waals surface area contributed by atoms with E-state index in [4.69, 9.17) is 0 Å². The Morgan fingerprint density at radius 1 is 1.24 bits per heavy atom. The van der Waals surface area contributed by atoms with Crippen LogP contribution < -0.4 is 5.32 Å². The zero-order chi connectivity index (χ0) is 17.6. The number of amides is 2. The molecule has 1 aromatic heterocycles. The predicted octanol–water partition coefficient (Wildman–Crippen LogP) is 3.70. The van der Waals surface area contributed by atoms with Crippen molar-refractivity contribution in [3.05, 3.63) is 58.3 Å². The lowest BCUT2D eigenvalue weighted by Gasteiger charge is -2.30. The van der Waals surface area contributed by atoms with Crippen LogP contribution in [0.3, 0.4) is 0 Å². The van der Waals surface area contributed by atoms with E-state index in [1.54, 1.807) is 6.07 Å². The van der Waals surface area contributed by atoms with Crippen molar-refractivity contribution in [3.8, 4) is 0 Å². The van der Waals surface area contributed by atoms with Gasteiger partial charge in [0.05, 0.1) is 0 Å². The van der Waals surface area contributed by atoms with Crippen molar-refractivity contribution >= 4 is 23.2 Å². The van der Waals surface area contributed by atoms with Crippen molar-refractivity contribution in [3.63, 3.8) is 0 Å². The molecule has 1 aliphatic carbocycles. The Hall–Kier alpha value is -2.14. The quantitative estimate of drug-likeness (QED) is 0.784. The molecule has 1 fully saturated rings. The minimum absolute atomic E-state index is 0.105. The van der Waals surface area contributed by atoms with Crippen molar-refractivity contribution in [2.45, 2.75) is 38.8 Å². The average Bonchev–Trinajstić information content (AvgIpc) is 3.33. The molecule has 1 unspecified atom stereocenters. The summed E-state index contributed by atoms with van der Waals surface area (Å²) in [5, 5.41) is 6.53. The van der Waals surface area contributed by atoms with Gasteiger partial charge in [0, 0.05) is 36.5 Å². The Kier molecular flexibility index (Phi) is 5.87. The lowest BCUT2D eigenvalue weighted by Crippen LogP contribution is -2.41. The summed E-state index contributed by atoms with van der Waals surface area (Å²) < 4.78 is 0. The number of hydrogen-bond donors (Lipinski definition) is 1. The summed E-state index contributed by atoms with van der Waals surface area (Å²) in [7, 11) is 0. The van der Waals surface area contributed by atoms with Crippen LogP contribution in [-0.4, -0.2) is 29.3 Å². The van der Waals surface area contributed by atoms with Crippen LogP contribution in [0.15, 0.2) is 47.2 Å². The SMILES string of the molecule is CC(C1CC1)N(Cc1ccccc1)C(=O)CCNC(=O)c1ccsc1. The highest BCUT2D eigenvalue weighted by molar-refractivity contribution is 7.08. The van der Waals surface area contributed by atoms with Gasteiger partial charge in [-0.2, -0.15) is 11.3 Å². The summed E-state index contributed by atoms with van der Waals surface area (Å²) in [6.07, 6.45) is 2.74. The third-order valence-electron chi connectivity index (χ3n) is 4.72. The molecule has 1 atom stereocenters. The maximum atomic E-state index is 12.8. The summed E-state index contributed by atoms with van der Waals surface area (Å²) in [4.78, 5) is 26.7. The second kappa shape index (κ2) is 8.30. The fourth-order valence-corrected chi connectivity index (χ4v) is 3.63. The second-order valence-electron chi connectivity index (χ2n) is 6.60. The zero-order valence-electron chi connectivity index (χ0n) is 14.5. The highest BCUT2D eigenvalue weighted by Gasteiger charge is 2.34. The van der Waals surface area contributed by atoms with E-state index in [-0.39, 0.29) is 17.9 Å². The first-order valence-electron chi connectivity index (χ1n) is 8.79. The Bertz CT molecular complexity index is 696. The smallest absolute Gasteiger partial charge is 0.252 e. The Labute approximate surface area is 152 Å². The molecule has 0 saturated heterocycles. The van der Waals surface area contributed by atoms with Crippen LogP contribution in [0.4, 0.5) is 0 Å². The molecule has 1 aromatic carbocycles. The van der Waals surface area contributed by atoms with Crippen LogP contribution in [0.25, 0.3) is 0 Å². The van der Waals surface area contributed by atoms with Crippen molar-refractivity contribution in [1.82, 2.24) is 10.2 Å². The monoisotopic (exact) mass is 356 g/mol. The minimum Gasteiger partial charge on any atom is -0.351 e. The first-order valence-corrected chi connectivity index (χ1v) is 9.73. The van der Waals surface area contributed by atoms with E-state index in [0.717, 1.165) is 5.56 Å². The number of hydrogen-bond acceptors (Lipinski definition) is 3. The maximum absolute atomic E-state index is 12.8. The molecule has 1 heterocycles. The van der Waals surface area contributed by atoms with Crippen LogP contribution in [0.2, 0.25) is 0 Å². The summed E-state index contributed by atoms with van der Waals surface area (Å²) >= 11 is 1.49. The number of rotatable bonds is 8. The first kappa shape index (κ1) is 17.7. The third kappa shape index (κ3) is 4.92. The Morgan fingerprint density at radius 3 is 2.64 bits per heavy atom. The van der Waals surface area contributed by atoms with Crippen LogP contribution in [0, 0.1) is 5.92 Å². The molecule has 1 saturated carbocycles. The van der Waals surface area contributed by atoms with E-state index in [9.17, 15) is 9.59 Å². The van der Waals surface area contributed by atoms with Gasteiger partial charge in [-0.3, -0.25) is 9.59 Å². The van der Waals surface area contributed by atoms with E-state index in [2.05, 4.69) is 24.4 Å². The lowest BCUT2D eigenvalue weighted by atomic mass is 10.1. The van der Waals surface area contributed by atoms with Crippen molar-refractivity contribution in [2.24, 2.45) is 5.92 Å². The first-order chi connectivity index (χ1) is 12.1. The molecule has 132 valence electrons. The summed E-state index contributed by atoms with van der Waals surface area (Å²) in [6, 6.07) is 12.1. The van der Waals surface area contributed by atoms with Gasteiger partial charge in [0.15, 0.2) is 0 Å². The summed E-state index contributed by atoms with van der Waals surface area (Å²) in [5.41, 5.74) is 1.80. The molecule has 2 aromatic rings. The third-order valence-corrected chi connectivity index (χ3v) is 5.40. The fraction of sp³-hybridized carbons (Fsp3) is 0.400. The molecule has 5 heteroatoms. The number of nitrogens with one attached hydrogen (secondary N) is 1. The highest BCUT2D eigenvalue weighted by Crippen LogP contribution is 2.35. The molecule has 1 N–H and O–H groups in total. The number of carbonyl (C=O) groups excluding carboxylic acids is 2. The molecule has 3 rings (SSSR count). The predicted molar refractivity (Wildman–Crippen MR) is 100 cm³/mol. The van der Waals surface area contributed by atoms with E-state index in [1.807, 2.05) is 33.9 Å². The van der Waals surface area contributed by atoms with E-state index < -0.39 is 0 Å². The van der Waals surface area contributed by atoms with Crippen molar-refractivity contribution < 1.29 is 9.59 Å². The highest BCUT2D eigenvalue weighted by atomic mass is 32.1. The molecule has 25 heavy (non-hydrogen) atoms. The topological polar surface area (TPSA) is 49.4 Å². The van der Waals surface area contributed by atoms with Crippen LogP contribution in [-0.2, 0) is 11.3 Å². The van der Waals surface area contributed by atoms with Crippen molar-refractivity contribution in [2.75, 3.05) is 6.54 Å². The molecule has 0 spiro atoms. The number of nitrogens with zero attached hydrogens (tertiary/aromatic N) is 1. The van der Waals surface area contributed by atoms with Gasteiger partial charge in [-0.25, -0.2) is 0 Å². The van der Waals surface area contributed by atoms with E-state index >= 15 is 0 Å². The van der Waals surface area contributed by atoms with Crippen LogP contribution in [0.1, 0.15) is 42.1 Å². The molecule has 0 aliphatic heterocycles. The average molecular weight is 356 g/mol. The lowest BCUT2D eigenvalue weighted by molar-refractivity contribution is -0.134. The zero-order valence-corrected chi connectivity index (χ0v) is 15.3. The van der Waals surface area contributed by atoms with Gasteiger partial charge >= 0.3 is 0 Å². The molecule has 2 amide bonds. The van der Waals surface area contributed by atoms with Gasteiger partial charge in [-0.15, -0.1) is 0 Å². The van der Waals surface area contributed by atoms with E-state index in [0.29, 0.717) is 31.0 Å². The van der Waals surface area contributed by atoms with Gasteiger partial charge in [-0.05, 0) is 42.7 Å². The second-order valence-corrected chi connectivity index (χ2v) is 7.38. The van der Waals surface area contributed by atoms with Crippen molar-refractivity contribution in [1.29, 1.82) is 0 Å². The van der Waals surface area contributed by atoms with Gasteiger partial charge in [0.25, 0.3) is 5.91 Å². The molecular weight excluding hydrogens is 332 g/mol. The molecule has 4 nitrogen and oxygen atoms in total. The van der Waals surface area contributed by atoms with Gasteiger partial charge in [-0.1, -0.05) is 30.3 Å². The van der Waals surface area contributed by atoms with Crippen LogP contribution >= 0.6 is 11.3 Å². The normalized spacial score (nSPS) is 14.8. The van der Waals surface area contributed by atoms with Gasteiger partial charge < -0.3 is 10.2 Å². The molecule has 0 bridgehead atoms. The number of carbonyl (C=O) groups is 2. The fourth-order valence-electron chi connectivity index (χ4n) is 2.99. The molecular formula is C20H24N2O2S. The molecule has 1 aliphatic rings. The van der Waals surface area contributed by atoms with Crippen LogP contribution in [0.5, 0.6) is 0 Å². The number of benzene rings is 1.